The fourth-order valence-electron chi connectivity index (χ4n) is 3.50. The molecule has 0 fully saturated rings. The summed E-state index contributed by atoms with van der Waals surface area (Å²) in [5.74, 6) is -0.736. The first kappa shape index (κ1) is 23.1. The van der Waals surface area contributed by atoms with Crippen molar-refractivity contribution in [2.24, 2.45) is 5.92 Å². The number of hydrogen-bond donors (Lipinski definition) is 0. The van der Waals surface area contributed by atoms with Crippen LogP contribution in [-0.4, -0.2) is 43.9 Å². The van der Waals surface area contributed by atoms with E-state index in [0.717, 1.165) is 21.9 Å². The van der Waals surface area contributed by atoms with Crippen molar-refractivity contribution in [2.45, 2.75) is 13.8 Å². The van der Waals surface area contributed by atoms with E-state index >= 15 is 0 Å². The third-order valence-corrected chi connectivity index (χ3v) is 5.21. The minimum absolute atomic E-state index is 0.167. The Balaban J connectivity index is 1.53. The number of hydrogen-bond acceptors (Lipinski definition) is 8. The zero-order valence-corrected chi connectivity index (χ0v) is 19.2. The molecule has 0 aliphatic carbocycles. The third kappa shape index (κ3) is 4.96. The molecule has 0 aliphatic rings. The van der Waals surface area contributed by atoms with Crippen molar-refractivity contribution >= 4 is 33.8 Å². The molecule has 0 bridgehead atoms. The number of carbonyl (C=O) groups excluding carboxylic acids is 2. The summed E-state index contributed by atoms with van der Waals surface area (Å²) in [7, 11) is 1.60. The van der Waals surface area contributed by atoms with Crippen LogP contribution in [0.1, 0.15) is 13.8 Å². The van der Waals surface area contributed by atoms with Crippen molar-refractivity contribution in [1.29, 1.82) is 0 Å². The second-order valence-corrected chi connectivity index (χ2v) is 7.44. The molecule has 4 rings (SSSR count). The topological polar surface area (TPSA) is 97.1 Å². The highest BCUT2D eigenvalue weighted by molar-refractivity contribution is 5.95. The highest BCUT2D eigenvalue weighted by atomic mass is 16.6. The van der Waals surface area contributed by atoms with Gasteiger partial charge in [-0.2, -0.15) is 0 Å². The molecule has 3 aromatic carbocycles. The molecule has 0 saturated heterocycles. The van der Waals surface area contributed by atoms with Crippen molar-refractivity contribution in [3.05, 3.63) is 54.6 Å². The number of carbonyl (C=O) groups is 2. The maximum absolute atomic E-state index is 12.1. The number of rotatable bonds is 9. The Morgan fingerprint density at radius 3 is 2.26 bits per heavy atom. The lowest BCUT2D eigenvalue weighted by atomic mass is 10.1. The lowest BCUT2D eigenvalue weighted by Crippen LogP contribution is -2.33. The molecular weight excluding hydrogens is 438 g/mol. The van der Waals surface area contributed by atoms with Crippen LogP contribution in [0.4, 0.5) is 0 Å². The summed E-state index contributed by atoms with van der Waals surface area (Å²) in [5.41, 5.74) is 2.23. The molecule has 0 spiro atoms. The number of methoxy groups -OCH3 is 1. The van der Waals surface area contributed by atoms with E-state index in [1.54, 1.807) is 33.1 Å². The molecular formula is C26H25NO7. The van der Waals surface area contributed by atoms with E-state index in [2.05, 4.69) is 4.98 Å². The predicted octanol–water partition coefficient (Wildman–Crippen LogP) is 4.78. The predicted molar refractivity (Wildman–Crippen MR) is 126 cm³/mol. The normalized spacial score (nSPS) is 11.1. The van der Waals surface area contributed by atoms with Crippen molar-refractivity contribution < 1.29 is 33.0 Å². The lowest BCUT2D eigenvalue weighted by Gasteiger charge is -2.15. The number of fused-ring (bicyclic) bond motifs is 2. The first-order chi connectivity index (χ1) is 16.5. The summed E-state index contributed by atoms with van der Waals surface area (Å²) >= 11 is 0. The van der Waals surface area contributed by atoms with Crippen LogP contribution in [0.25, 0.3) is 33.3 Å². The van der Waals surface area contributed by atoms with E-state index < -0.39 is 17.9 Å². The second-order valence-electron chi connectivity index (χ2n) is 7.44. The molecule has 8 heteroatoms. The van der Waals surface area contributed by atoms with Crippen molar-refractivity contribution in [2.75, 3.05) is 26.9 Å². The van der Waals surface area contributed by atoms with Crippen LogP contribution in [0.15, 0.2) is 59.0 Å². The van der Waals surface area contributed by atoms with Crippen LogP contribution in [0.5, 0.6) is 11.5 Å². The number of benzene rings is 3. The van der Waals surface area contributed by atoms with Gasteiger partial charge < -0.3 is 23.4 Å². The second kappa shape index (κ2) is 10.2. The Kier molecular flexibility index (Phi) is 6.96. The molecule has 0 unspecified atom stereocenters. The molecule has 0 amide bonds. The van der Waals surface area contributed by atoms with Gasteiger partial charge in [-0.15, -0.1) is 0 Å². The van der Waals surface area contributed by atoms with Crippen LogP contribution in [0.3, 0.4) is 0 Å². The Labute approximate surface area is 196 Å². The van der Waals surface area contributed by atoms with Gasteiger partial charge in [-0.3, -0.25) is 9.59 Å². The van der Waals surface area contributed by atoms with E-state index in [4.69, 9.17) is 23.4 Å². The quantitative estimate of drug-likeness (QED) is 0.258. The molecule has 0 atom stereocenters. The van der Waals surface area contributed by atoms with Crippen LogP contribution < -0.4 is 9.47 Å². The van der Waals surface area contributed by atoms with Gasteiger partial charge in [-0.25, -0.2) is 4.98 Å². The first-order valence-corrected chi connectivity index (χ1v) is 11.0. The number of ether oxygens (including phenoxy) is 4. The summed E-state index contributed by atoms with van der Waals surface area (Å²) in [6, 6.07) is 16.8. The van der Waals surface area contributed by atoms with Gasteiger partial charge in [0.2, 0.25) is 5.89 Å². The third-order valence-electron chi connectivity index (χ3n) is 5.21. The van der Waals surface area contributed by atoms with Gasteiger partial charge in [0.25, 0.3) is 0 Å². The van der Waals surface area contributed by atoms with E-state index in [-0.39, 0.29) is 19.8 Å². The Morgan fingerprint density at radius 1 is 0.882 bits per heavy atom. The Bertz CT molecular complexity index is 1310. The SMILES string of the molecule is CCOC(=O)C(COc1ccc2cc(-c3nc4ccc(OC)cc4o3)ccc2c1)C(=O)OCC. The fraction of sp³-hybridized carbons (Fsp3) is 0.269. The van der Waals surface area contributed by atoms with Crippen LogP contribution in [0.2, 0.25) is 0 Å². The van der Waals surface area contributed by atoms with Gasteiger partial charge in [0.1, 0.15) is 23.6 Å². The van der Waals surface area contributed by atoms with Crippen molar-refractivity contribution in [3.63, 3.8) is 0 Å². The largest absolute Gasteiger partial charge is 0.497 e. The number of nitrogens with zero attached hydrogens (tertiary/aromatic N) is 1. The molecule has 0 saturated carbocycles. The first-order valence-electron chi connectivity index (χ1n) is 11.0. The zero-order chi connectivity index (χ0) is 24.1. The van der Waals surface area contributed by atoms with E-state index in [9.17, 15) is 9.59 Å². The van der Waals surface area contributed by atoms with Crippen LogP contribution >= 0.6 is 0 Å². The monoisotopic (exact) mass is 463 g/mol. The Hall–Kier alpha value is -4.07. The standard InChI is InChI=1S/C26H25NO7/c1-4-31-25(28)21(26(29)32-5-2)15-33-20-9-8-16-12-18(7-6-17(16)13-20)24-27-22-11-10-19(30-3)14-23(22)34-24/h6-14,21H,4-5,15H2,1-3H3. The molecule has 4 aromatic rings. The van der Waals surface area contributed by atoms with Crippen molar-refractivity contribution in [3.8, 4) is 23.0 Å². The lowest BCUT2D eigenvalue weighted by molar-refractivity contribution is -0.162. The smallest absolute Gasteiger partial charge is 0.323 e. The van der Waals surface area contributed by atoms with Gasteiger partial charge >= 0.3 is 11.9 Å². The molecule has 1 aromatic heterocycles. The molecule has 8 nitrogen and oxygen atoms in total. The number of aromatic nitrogens is 1. The van der Waals surface area contributed by atoms with Gasteiger partial charge in [-0.1, -0.05) is 12.1 Å². The van der Waals surface area contributed by atoms with E-state index in [1.807, 2.05) is 42.5 Å². The van der Waals surface area contributed by atoms with E-state index in [1.165, 1.54) is 0 Å². The molecule has 1 heterocycles. The Morgan fingerprint density at radius 2 is 1.56 bits per heavy atom. The summed E-state index contributed by atoms with van der Waals surface area (Å²) in [6.45, 7) is 3.52. The number of oxazole rings is 1. The highest BCUT2D eigenvalue weighted by Gasteiger charge is 2.30. The van der Waals surface area contributed by atoms with Gasteiger partial charge in [0, 0.05) is 11.6 Å². The molecule has 0 N–H and O–H groups in total. The maximum Gasteiger partial charge on any atom is 0.323 e. The summed E-state index contributed by atoms with van der Waals surface area (Å²) in [6.07, 6.45) is 0. The van der Waals surface area contributed by atoms with Gasteiger partial charge in [0.15, 0.2) is 11.5 Å². The summed E-state index contributed by atoms with van der Waals surface area (Å²) < 4.78 is 26.9. The molecule has 34 heavy (non-hydrogen) atoms. The molecule has 176 valence electrons. The summed E-state index contributed by atoms with van der Waals surface area (Å²) in [5, 5.41) is 1.87. The fourth-order valence-corrected chi connectivity index (χ4v) is 3.50. The average molecular weight is 463 g/mol. The molecule has 0 aliphatic heterocycles. The minimum Gasteiger partial charge on any atom is -0.497 e. The van der Waals surface area contributed by atoms with Crippen LogP contribution in [-0.2, 0) is 19.1 Å². The molecule has 0 radical (unpaired) electrons. The van der Waals surface area contributed by atoms with Crippen molar-refractivity contribution in [1.82, 2.24) is 4.98 Å². The maximum atomic E-state index is 12.1. The van der Waals surface area contributed by atoms with E-state index in [0.29, 0.717) is 23.0 Å². The average Bonchev–Trinajstić information content (AvgIpc) is 3.27. The summed E-state index contributed by atoms with van der Waals surface area (Å²) in [4.78, 5) is 28.8. The number of esters is 2. The van der Waals surface area contributed by atoms with Gasteiger partial charge in [0.05, 0.1) is 20.3 Å². The minimum atomic E-state index is -1.14. The highest BCUT2D eigenvalue weighted by Crippen LogP contribution is 2.30. The van der Waals surface area contributed by atoms with Crippen LogP contribution in [0, 0.1) is 5.92 Å². The van der Waals surface area contributed by atoms with Gasteiger partial charge in [-0.05, 0) is 61.0 Å². The zero-order valence-electron chi connectivity index (χ0n) is 19.2.